The van der Waals surface area contributed by atoms with Gasteiger partial charge in [-0.1, -0.05) is 12.1 Å². The molecule has 0 radical (unpaired) electrons. The average molecular weight is 405 g/mol. The average Bonchev–Trinajstić information content (AvgIpc) is 2.69. The summed E-state index contributed by atoms with van der Waals surface area (Å²) in [5, 5.41) is 15.0. The van der Waals surface area contributed by atoms with E-state index >= 15 is 0 Å². The van der Waals surface area contributed by atoms with Crippen molar-refractivity contribution in [3.63, 3.8) is 0 Å². The van der Waals surface area contributed by atoms with E-state index in [1.807, 2.05) is 0 Å². The summed E-state index contributed by atoms with van der Waals surface area (Å²) in [6, 6.07) is 10.4. The lowest BCUT2D eigenvalue weighted by molar-refractivity contribution is -0.274. The Hall–Kier alpha value is -3.40. The predicted octanol–water partition coefficient (Wildman–Crippen LogP) is 3.97. The second kappa shape index (κ2) is 8.74. The molecule has 0 bridgehead atoms. The van der Waals surface area contributed by atoms with Gasteiger partial charge in [0.25, 0.3) is 0 Å². The molecule has 0 unspecified atom stereocenters. The van der Waals surface area contributed by atoms with E-state index < -0.39 is 6.36 Å². The monoisotopic (exact) mass is 405 g/mol. The van der Waals surface area contributed by atoms with Crippen LogP contribution in [-0.4, -0.2) is 39.1 Å². The number of aromatic nitrogens is 3. The molecule has 3 N–H and O–H groups in total. The number of aliphatic hydroxyl groups excluding tert-OH is 1. The van der Waals surface area contributed by atoms with Gasteiger partial charge in [-0.3, -0.25) is 4.98 Å². The van der Waals surface area contributed by atoms with Gasteiger partial charge < -0.3 is 20.5 Å². The molecular weight excluding hydrogens is 387 g/mol. The van der Waals surface area contributed by atoms with Gasteiger partial charge in [0.15, 0.2) is 5.75 Å². The Bertz CT molecular complexity index is 954. The largest absolute Gasteiger partial charge is 0.573 e. The summed E-state index contributed by atoms with van der Waals surface area (Å²) in [5.74, 6) is 0.0501. The highest BCUT2D eigenvalue weighted by atomic mass is 19.4. The van der Waals surface area contributed by atoms with Gasteiger partial charge in [-0.2, -0.15) is 4.98 Å². The number of nitrogens with zero attached hydrogens (tertiary/aromatic N) is 3. The van der Waals surface area contributed by atoms with E-state index in [4.69, 9.17) is 0 Å². The molecule has 0 amide bonds. The molecule has 152 valence electrons. The zero-order valence-corrected chi connectivity index (χ0v) is 15.3. The van der Waals surface area contributed by atoms with Crippen LogP contribution in [0.2, 0.25) is 0 Å². The predicted molar refractivity (Wildman–Crippen MR) is 102 cm³/mol. The van der Waals surface area contributed by atoms with Crippen molar-refractivity contribution in [1.82, 2.24) is 15.0 Å². The molecule has 0 aliphatic heterocycles. The van der Waals surface area contributed by atoms with Crippen molar-refractivity contribution < 1.29 is 23.0 Å². The van der Waals surface area contributed by atoms with Gasteiger partial charge in [0.1, 0.15) is 5.82 Å². The molecule has 3 aromatic rings. The van der Waals surface area contributed by atoms with E-state index in [1.54, 1.807) is 43.6 Å². The lowest BCUT2D eigenvalue weighted by Crippen LogP contribution is -2.21. The highest BCUT2D eigenvalue weighted by Crippen LogP contribution is 2.32. The Morgan fingerprint density at radius 2 is 1.93 bits per heavy atom. The smallest absolute Gasteiger partial charge is 0.404 e. The number of anilines is 3. The van der Waals surface area contributed by atoms with Crippen molar-refractivity contribution >= 4 is 17.5 Å². The standard InChI is InChI=1S/C19H18F3N5O2/c1-12(11-28)24-18-26-15(13-5-4-8-23-10-13)9-17(27-18)25-14-6-2-3-7-16(14)29-19(20,21)22/h2-10,12,28H,11H2,1H3,(H2,24,25,26,27)/t12-/m1/s1. The molecule has 10 heteroatoms. The summed E-state index contributed by atoms with van der Waals surface area (Å²) in [6.07, 6.45) is -1.61. The molecule has 7 nitrogen and oxygen atoms in total. The summed E-state index contributed by atoms with van der Waals surface area (Å²) < 4.78 is 42.1. The lowest BCUT2D eigenvalue weighted by Gasteiger charge is -2.16. The van der Waals surface area contributed by atoms with Crippen molar-refractivity contribution in [2.75, 3.05) is 17.2 Å². The number of aliphatic hydroxyl groups is 1. The minimum absolute atomic E-state index is 0.0850. The van der Waals surface area contributed by atoms with Crippen LogP contribution >= 0.6 is 0 Å². The summed E-state index contributed by atoms with van der Waals surface area (Å²) in [7, 11) is 0. The van der Waals surface area contributed by atoms with Crippen LogP contribution in [0.1, 0.15) is 6.92 Å². The van der Waals surface area contributed by atoms with Crippen molar-refractivity contribution in [2.45, 2.75) is 19.3 Å². The van der Waals surface area contributed by atoms with E-state index in [9.17, 15) is 18.3 Å². The second-order valence-corrected chi connectivity index (χ2v) is 6.10. The molecule has 0 aliphatic carbocycles. The number of hydrogen-bond donors (Lipinski definition) is 3. The molecule has 0 aliphatic rings. The zero-order chi connectivity index (χ0) is 20.9. The highest BCUT2D eigenvalue weighted by molar-refractivity contribution is 5.69. The lowest BCUT2D eigenvalue weighted by atomic mass is 10.2. The van der Waals surface area contributed by atoms with E-state index in [0.29, 0.717) is 11.3 Å². The summed E-state index contributed by atoms with van der Waals surface area (Å²) in [6.45, 7) is 1.59. The fourth-order valence-electron chi connectivity index (χ4n) is 2.43. The molecule has 3 rings (SSSR count). The van der Waals surface area contributed by atoms with Gasteiger partial charge in [-0.05, 0) is 31.2 Å². The third-order valence-corrected chi connectivity index (χ3v) is 3.71. The maximum absolute atomic E-state index is 12.7. The van der Waals surface area contributed by atoms with Crippen LogP contribution in [0, 0.1) is 0 Å². The summed E-state index contributed by atoms with van der Waals surface area (Å²) in [4.78, 5) is 12.7. The van der Waals surface area contributed by atoms with Crippen molar-refractivity contribution in [2.24, 2.45) is 0 Å². The molecule has 29 heavy (non-hydrogen) atoms. The fourth-order valence-corrected chi connectivity index (χ4v) is 2.43. The maximum Gasteiger partial charge on any atom is 0.573 e. The fraction of sp³-hybridized carbons (Fsp3) is 0.211. The molecular formula is C19H18F3N5O2. The summed E-state index contributed by atoms with van der Waals surface area (Å²) >= 11 is 0. The molecule has 2 aromatic heterocycles. The van der Waals surface area contributed by atoms with E-state index in [-0.39, 0.29) is 35.9 Å². The second-order valence-electron chi connectivity index (χ2n) is 6.10. The normalized spacial score (nSPS) is 12.3. The topological polar surface area (TPSA) is 92.2 Å². The molecule has 0 saturated carbocycles. The van der Waals surface area contributed by atoms with Gasteiger partial charge in [-0.15, -0.1) is 13.2 Å². The van der Waals surface area contributed by atoms with Crippen molar-refractivity contribution in [3.05, 3.63) is 54.9 Å². The third-order valence-electron chi connectivity index (χ3n) is 3.71. The van der Waals surface area contributed by atoms with Crippen LogP contribution in [0.3, 0.4) is 0 Å². The molecule has 1 aromatic carbocycles. The summed E-state index contributed by atoms with van der Waals surface area (Å²) in [5.41, 5.74) is 1.27. The van der Waals surface area contributed by atoms with Gasteiger partial charge in [-0.25, -0.2) is 4.98 Å². The van der Waals surface area contributed by atoms with Crippen LogP contribution in [0.25, 0.3) is 11.3 Å². The van der Waals surface area contributed by atoms with Crippen LogP contribution in [0.15, 0.2) is 54.9 Å². The minimum atomic E-state index is -4.83. The first-order chi connectivity index (χ1) is 13.8. The van der Waals surface area contributed by atoms with E-state index in [0.717, 1.165) is 0 Å². The SMILES string of the molecule is C[C@H](CO)Nc1nc(Nc2ccccc2OC(F)(F)F)cc(-c2cccnc2)n1. The number of pyridine rings is 1. The van der Waals surface area contributed by atoms with Crippen LogP contribution < -0.4 is 15.4 Å². The number of hydrogen-bond acceptors (Lipinski definition) is 7. The first-order valence-electron chi connectivity index (χ1n) is 8.63. The first-order valence-corrected chi connectivity index (χ1v) is 8.63. The Morgan fingerprint density at radius 3 is 2.62 bits per heavy atom. The highest BCUT2D eigenvalue weighted by Gasteiger charge is 2.32. The number of nitrogens with one attached hydrogen (secondary N) is 2. The quantitative estimate of drug-likeness (QED) is 0.548. The van der Waals surface area contributed by atoms with Gasteiger partial charge in [0.2, 0.25) is 5.95 Å². The molecule has 1 atom stereocenters. The Kier molecular flexibility index (Phi) is 6.13. The number of alkyl halides is 3. The van der Waals surface area contributed by atoms with Crippen LogP contribution in [-0.2, 0) is 0 Å². The van der Waals surface area contributed by atoms with Crippen molar-refractivity contribution in [3.8, 4) is 17.0 Å². The number of ether oxygens (including phenoxy) is 1. The van der Waals surface area contributed by atoms with Gasteiger partial charge >= 0.3 is 6.36 Å². The molecule has 0 spiro atoms. The first kappa shape index (κ1) is 20.3. The third kappa shape index (κ3) is 5.79. The minimum Gasteiger partial charge on any atom is -0.404 e. The Balaban J connectivity index is 1.98. The van der Waals surface area contributed by atoms with Crippen LogP contribution in [0.4, 0.5) is 30.6 Å². The molecule has 0 fully saturated rings. The molecule has 2 heterocycles. The van der Waals surface area contributed by atoms with Gasteiger partial charge in [0.05, 0.1) is 18.0 Å². The van der Waals surface area contributed by atoms with Crippen molar-refractivity contribution in [1.29, 1.82) is 0 Å². The Morgan fingerprint density at radius 1 is 1.14 bits per heavy atom. The number of benzene rings is 1. The number of para-hydroxylation sites is 2. The number of halogens is 3. The van der Waals surface area contributed by atoms with Gasteiger partial charge in [0, 0.05) is 30.1 Å². The zero-order valence-electron chi connectivity index (χ0n) is 15.3. The maximum atomic E-state index is 12.7. The molecule has 0 saturated heterocycles. The van der Waals surface area contributed by atoms with E-state index in [1.165, 1.54) is 18.2 Å². The number of rotatable bonds is 7. The van der Waals surface area contributed by atoms with Crippen LogP contribution in [0.5, 0.6) is 5.75 Å². The van der Waals surface area contributed by atoms with E-state index in [2.05, 4.69) is 30.3 Å². The Labute approximate surface area is 164 Å².